The molecule has 1 aromatic heterocycles. The number of fused-ring (bicyclic) bond motifs is 1. The zero-order valence-corrected chi connectivity index (χ0v) is 16.9. The molecule has 0 radical (unpaired) electrons. The van der Waals surface area contributed by atoms with E-state index in [-0.39, 0.29) is 18.4 Å². The van der Waals surface area contributed by atoms with E-state index < -0.39 is 0 Å². The summed E-state index contributed by atoms with van der Waals surface area (Å²) in [4.78, 5) is 28.6. The molecule has 31 heavy (non-hydrogen) atoms. The normalized spacial score (nSPS) is 11.0. The van der Waals surface area contributed by atoms with E-state index in [0.717, 1.165) is 27.5 Å². The molecule has 0 saturated heterocycles. The van der Waals surface area contributed by atoms with Gasteiger partial charge >= 0.3 is 5.97 Å². The van der Waals surface area contributed by atoms with Crippen molar-refractivity contribution in [3.63, 3.8) is 0 Å². The first-order valence-electron chi connectivity index (χ1n) is 10.0. The van der Waals surface area contributed by atoms with Gasteiger partial charge in [-0.15, -0.1) is 0 Å². The summed E-state index contributed by atoms with van der Waals surface area (Å²) in [5.74, 6) is -0.336. The second-order valence-corrected chi connectivity index (χ2v) is 7.22. The van der Waals surface area contributed by atoms with Crippen LogP contribution in [0.1, 0.15) is 27.0 Å². The number of esters is 1. The third-order valence-corrected chi connectivity index (χ3v) is 4.88. The van der Waals surface area contributed by atoms with Crippen molar-refractivity contribution >= 4 is 28.6 Å². The number of aromatic nitrogens is 1. The van der Waals surface area contributed by atoms with Gasteiger partial charge in [0.25, 0.3) is 0 Å². The standard InChI is InChI=1S/C27H21NO3/c29-26(17-21-9-11-25-18-28-14-13-24(25)16-21)12-10-20-5-4-6-22(15-20)19-31-27(30)23-7-2-1-3-8-23/h1-16,18H,17,19H2/b12-10+. The largest absolute Gasteiger partial charge is 0.457 e. The van der Waals surface area contributed by atoms with Gasteiger partial charge in [0.2, 0.25) is 0 Å². The minimum atomic E-state index is -0.358. The molecule has 0 N–H and O–H groups in total. The minimum absolute atomic E-state index is 0.0225. The van der Waals surface area contributed by atoms with Gasteiger partial charge in [-0.3, -0.25) is 9.78 Å². The number of pyridine rings is 1. The highest BCUT2D eigenvalue weighted by Crippen LogP contribution is 2.16. The average Bonchev–Trinajstić information content (AvgIpc) is 2.82. The Labute approximate surface area is 180 Å². The molecule has 0 aliphatic rings. The number of hydrogen-bond donors (Lipinski definition) is 0. The fourth-order valence-corrected chi connectivity index (χ4v) is 3.29. The Morgan fingerprint density at radius 3 is 2.58 bits per heavy atom. The van der Waals surface area contributed by atoms with Crippen LogP contribution in [0.4, 0.5) is 0 Å². The molecule has 4 aromatic rings. The predicted molar refractivity (Wildman–Crippen MR) is 121 cm³/mol. The molecule has 0 spiro atoms. The maximum atomic E-state index is 12.4. The smallest absolute Gasteiger partial charge is 0.338 e. The van der Waals surface area contributed by atoms with Crippen LogP contribution in [0.25, 0.3) is 16.8 Å². The first kappa shape index (κ1) is 20.2. The number of hydrogen-bond acceptors (Lipinski definition) is 4. The molecule has 4 nitrogen and oxygen atoms in total. The molecular weight excluding hydrogens is 386 g/mol. The number of ether oxygens (including phenoxy) is 1. The SMILES string of the molecule is O=C(/C=C/c1cccc(COC(=O)c2ccccc2)c1)Cc1ccc2cnccc2c1. The van der Waals surface area contributed by atoms with Gasteiger partial charge in [-0.1, -0.05) is 60.7 Å². The molecule has 0 aliphatic heterocycles. The second kappa shape index (κ2) is 9.63. The van der Waals surface area contributed by atoms with E-state index in [2.05, 4.69) is 4.98 Å². The quantitative estimate of drug-likeness (QED) is 0.303. The van der Waals surface area contributed by atoms with Gasteiger partial charge in [0.1, 0.15) is 6.61 Å². The summed E-state index contributed by atoms with van der Waals surface area (Å²) in [7, 11) is 0. The van der Waals surface area contributed by atoms with E-state index >= 15 is 0 Å². The van der Waals surface area contributed by atoms with Crippen LogP contribution in [0.15, 0.2) is 97.3 Å². The Morgan fingerprint density at radius 2 is 1.71 bits per heavy atom. The van der Waals surface area contributed by atoms with Crippen molar-refractivity contribution in [3.05, 3.63) is 120 Å². The van der Waals surface area contributed by atoms with Gasteiger partial charge in [-0.05, 0) is 52.4 Å². The van der Waals surface area contributed by atoms with Crippen molar-refractivity contribution in [2.24, 2.45) is 0 Å². The summed E-state index contributed by atoms with van der Waals surface area (Å²) in [6.07, 6.45) is 7.27. The van der Waals surface area contributed by atoms with E-state index in [1.165, 1.54) is 0 Å². The zero-order valence-electron chi connectivity index (χ0n) is 16.9. The number of benzene rings is 3. The first-order valence-corrected chi connectivity index (χ1v) is 10.0. The van der Waals surface area contributed by atoms with Crippen molar-refractivity contribution in [3.8, 4) is 0 Å². The van der Waals surface area contributed by atoms with Gasteiger partial charge in [0.05, 0.1) is 5.56 Å². The molecule has 3 aromatic carbocycles. The third kappa shape index (κ3) is 5.52. The van der Waals surface area contributed by atoms with E-state index in [0.29, 0.717) is 12.0 Å². The van der Waals surface area contributed by atoms with Crippen LogP contribution in [-0.4, -0.2) is 16.7 Å². The minimum Gasteiger partial charge on any atom is -0.457 e. The summed E-state index contributed by atoms with van der Waals surface area (Å²) in [6.45, 7) is 0.176. The fraction of sp³-hybridized carbons (Fsp3) is 0.0741. The third-order valence-electron chi connectivity index (χ3n) is 4.88. The zero-order chi connectivity index (χ0) is 21.5. The molecule has 152 valence electrons. The molecule has 0 unspecified atom stereocenters. The topological polar surface area (TPSA) is 56.3 Å². The highest BCUT2D eigenvalue weighted by atomic mass is 16.5. The van der Waals surface area contributed by atoms with Crippen LogP contribution in [0.2, 0.25) is 0 Å². The monoisotopic (exact) mass is 407 g/mol. The van der Waals surface area contributed by atoms with Crippen molar-refractivity contribution in [2.75, 3.05) is 0 Å². The Balaban J connectivity index is 1.36. The molecule has 0 aliphatic carbocycles. The van der Waals surface area contributed by atoms with Crippen LogP contribution >= 0.6 is 0 Å². The van der Waals surface area contributed by atoms with Crippen molar-refractivity contribution in [2.45, 2.75) is 13.0 Å². The highest BCUT2D eigenvalue weighted by Gasteiger charge is 2.06. The van der Waals surface area contributed by atoms with E-state index in [4.69, 9.17) is 4.74 Å². The number of carbonyl (C=O) groups excluding carboxylic acids is 2. The van der Waals surface area contributed by atoms with Gasteiger partial charge < -0.3 is 4.74 Å². The fourth-order valence-electron chi connectivity index (χ4n) is 3.29. The highest BCUT2D eigenvalue weighted by molar-refractivity contribution is 5.95. The van der Waals surface area contributed by atoms with Crippen LogP contribution in [0.3, 0.4) is 0 Å². The van der Waals surface area contributed by atoms with E-state index in [1.54, 1.807) is 42.6 Å². The number of ketones is 1. The molecule has 0 fully saturated rings. The lowest BCUT2D eigenvalue weighted by Gasteiger charge is -2.06. The molecule has 0 amide bonds. The Bertz CT molecular complexity index is 1250. The molecular formula is C27H21NO3. The van der Waals surface area contributed by atoms with Gasteiger partial charge in [0, 0.05) is 24.2 Å². The van der Waals surface area contributed by atoms with E-state index in [9.17, 15) is 9.59 Å². The summed E-state index contributed by atoms with van der Waals surface area (Å²) in [5, 5.41) is 2.13. The molecule has 0 saturated carbocycles. The summed E-state index contributed by atoms with van der Waals surface area (Å²) >= 11 is 0. The van der Waals surface area contributed by atoms with Crippen molar-refractivity contribution in [1.29, 1.82) is 0 Å². The Hall–Kier alpha value is -4.05. The van der Waals surface area contributed by atoms with Crippen LogP contribution < -0.4 is 0 Å². The van der Waals surface area contributed by atoms with Gasteiger partial charge in [-0.25, -0.2) is 4.79 Å². The second-order valence-electron chi connectivity index (χ2n) is 7.22. The number of carbonyl (C=O) groups is 2. The van der Waals surface area contributed by atoms with Gasteiger partial charge in [-0.2, -0.15) is 0 Å². The average molecular weight is 407 g/mol. The maximum absolute atomic E-state index is 12.4. The van der Waals surface area contributed by atoms with Crippen molar-refractivity contribution < 1.29 is 14.3 Å². The van der Waals surface area contributed by atoms with Crippen LogP contribution in [0, 0.1) is 0 Å². The molecule has 0 bridgehead atoms. The molecule has 4 heteroatoms. The lowest BCUT2D eigenvalue weighted by Crippen LogP contribution is -2.04. The lowest BCUT2D eigenvalue weighted by atomic mass is 10.0. The summed E-state index contributed by atoms with van der Waals surface area (Å²) < 4.78 is 5.37. The summed E-state index contributed by atoms with van der Waals surface area (Å²) in [6, 6.07) is 24.4. The Kier molecular flexibility index (Phi) is 6.29. The Morgan fingerprint density at radius 1 is 0.839 bits per heavy atom. The number of allylic oxidation sites excluding steroid dienone is 1. The molecule has 4 rings (SSSR count). The number of nitrogens with zero attached hydrogens (tertiary/aromatic N) is 1. The van der Waals surface area contributed by atoms with Crippen LogP contribution in [-0.2, 0) is 22.6 Å². The predicted octanol–water partition coefficient (Wildman–Crippen LogP) is 5.42. The molecule has 1 heterocycles. The first-order chi connectivity index (χ1) is 15.2. The maximum Gasteiger partial charge on any atom is 0.338 e. The van der Waals surface area contributed by atoms with E-state index in [1.807, 2.05) is 60.8 Å². The summed E-state index contributed by atoms with van der Waals surface area (Å²) in [5.41, 5.74) is 3.23. The molecule has 0 atom stereocenters. The van der Waals surface area contributed by atoms with Gasteiger partial charge in [0.15, 0.2) is 5.78 Å². The van der Waals surface area contributed by atoms with Crippen LogP contribution in [0.5, 0.6) is 0 Å². The number of rotatable bonds is 7. The van der Waals surface area contributed by atoms with Crippen molar-refractivity contribution in [1.82, 2.24) is 4.98 Å². The lowest BCUT2D eigenvalue weighted by molar-refractivity contribution is -0.113.